The average molecular weight is 559 g/mol. The van der Waals surface area contributed by atoms with Crippen molar-refractivity contribution in [1.29, 1.82) is 0 Å². The number of carbonyl (C=O) groups excluding carboxylic acids is 4. The van der Waals surface area contributed by atoms with Crippen LogP contribution in [0.2, 0.25) is 0 Å². The quantitative estimate of drug-likeness (QED) is 0.0242. The molecule has 0 aliphatic rings. The minimum absolute atomic E-state index is 0.0882. The number of allylic oxidation sites excluding steroid dienone is 2. The second-order valence-corrected chi connectivity index (χ2v) is 9.53. The molecule has 1 rings (SSSR count). The second-order valence-electron chi connectivity index (χ2n) is 9.53. The SMILES string of the molecule is COC(=O)C(=O)C(C(=O)OC)=C(CCCC=CCCCCCCCCCCCOCc1ccccc1)C(=O)OC. The fourth-order valence-electron chi connectivity index (χ4n) is 4.20. The lowest BCUT2D eigenvalue weighted by Crippen LogP contribution is -2.27. The predicted octanol–water partition coefficient (Wildman–Crippen LogP) is 6.22. The molecule has 222 valence electrons. The number of benzene rings is 1. The Kier molecular flexibility index (Phi) is 19.6. The van der Waals surface area contributed by atoms with E-state index in [0.717, 1.165) is 47.2 Å². The van der Waals surface area contributed by atoms with Crippen molar-refractivity contribution >= 4 is 23.7 Å². The molecule has 0 radical (unpaired) electrons. The molecule has 0 aliphatic carbocycles. The zero-order chi connectivity index (χ0) is 29.4. The molecule has 0 fully saturated rings. The molecule has 40 heavy (non-hydrogen) atoms. The number of hydrogen-bond acceptors (Lipinski definition) is 8. The molecule has 1 aromatic rings. The van der Waals surface area contributed by atoms with Gasteiger partial charge in [0.25, 0.3) is 5.78 Å². The number of ketones is 1. The van der Waals surface area contributed by atoms with Gasteiger partial charge in [0.1, 0.15) is 5.57 Å². The molecule has 0 aromatic heterocycles. The molecule has 0 heterocycles. The van der Waals surface area contributed by atoms with E-state index in [2.05, 4.69) is 27.7 Å². The van der Waals surface area contributed by atoms with Crippen LogP contribution in [0.5, 0.6) is 0 Å². The van der Waals surface area contributed by atoms with Crippen molar-refractivity contribution in [3.05, 3.63) is 59.2 Å². The molecular formula is C32H46O8. The smallest absolute Gasteiger partial charge is 0.379 e. The van der Waals surface area contributed by atoms with Crippen LogP contribution in [-0.4, -0.2) is 51.6 Å². The van der Waals surface area contributed by atoms with Crippen LogP contribution in [0.15, 0.2) is 53.6 Å². The summed E-state index contributed by atoms with van der Waals surface area (Å²) in [7, 11) is 3.23. The Morgan fingerprint density at radius 2 is 1.15 bits per heavy atom. The van der Waals surface area contributed by atoms with E-state index in [-0.39, 0.29) is 12.0 Å². The van der Waals surface area contributed by atoms with Gasteiger partial charge in [-0.05, 0) is 44.1 Å². The summed E-state index contributed by atoms with van der Waals surface area (Å²) in [5, 5.41) is 0. The van der Waals surface area contributed by atoms with Gasteiger partial charge in [0, 0.05) is 6.61 Å². The first-order chi connectivity index (χ1) is 19.5. The van der Waals surface area contributed by atoms with Crippen molar-refractivity contribution in [3.8, 4) is 0 Å². The van der Waals surface area contributed by atoms with E-state index < -0.39 is 29.3 Å². The summed E-state index contributed by atoms with van der Waals surface area (Å²) in [5.41, 5.74) is 0.399. The third kappa shape index (κ3) is 14.8. The molecule has 0 saturated carbocycles. The van der Waals surface area contributed by atoms with E-state index in [1.807, 2.05) is 24.3 Å². The highest BCUT2D eigenvalue weighted by Gasteiger charge is 2.32. The van der Waals surface area contributed by atoms with Crippen LogP contribution < -0.4 is 0 Å². The Hall–Kier alpha value is -3.26. The predicted molar refractivity (Wildman–Crippen MR) is 153 cm³/mol. The molecule has 0 atom stereocenters. The van der Waals surface area contributed by atoms with Crippen LogP contribution >= 0.6 is 0 Å². The molecule has 0 amide bonds. The molecule has 0 bridgehead atoms. The Bertz CT molecular complexity index is 949. The highest BCUT2D eigenvalue weighted by molar-refractivity contribution is 6.47. The van der Waals surface area contributed by atoms with Crippen LogP contribution in [0, 0.1) is 0 Å². The number of ether oxygens (including phenoxy) is 4. The van der Waals surface area contributed by atoms with Crippen LogP contribution in [0.3, 0.4) is 0 Å². The minimum atomic E-state index is -1.25. The van der Waals surface area contributed by atoms with Crippen LogP contribution in [0.4, 0.5) is 0 Å². The van der Waals surface area contributed by atoms with Gasteiger partial charge in [-0.15, -0.1) is 0 Å². The van der Waals surface area contributed by atoms with E-state index in [0.29, 0.717) is 19.4 Å². The standard InChI is InChI=1S/C32H46O8/c1-37-30(34)27(28(31(35)38-2)29(33)32(36)39-3)23-19-14-12-10-8-6-4-5-7-9-11-13-15-20-24-40-25-26-21-17-16-18-22-26/h10,12,16-18,21-22H,4-9,11,13-15,19-20,23-25H2,1-3H3. The monoisotopic (exact) mass is 558 g/mol. The summed E-state index contributed by atoms with van der Waals surface area (Å²) in [6, 6.07) is 10.3. The zero-order valence-corrected chi connectivity index (χ0v) is 24.4. The highest BCUT2D eigenvalue weighted by atomic mass is 16.5. The third-order valence-electron chi connectivity index (χ3n) is 6.46. The Morgan fingerprint density at radius 3 is 1.73 bits per heavy atom. The summed E-state index contributed by atoms with van der Waals surface area (Å²) >= 11 is 0. The fraction of sp³-hybridized carbons (Fsp3) is 0.562. The number of carbonyl (C=O) groups is 4. The zero-order valence-electron chi connectivity index (χ0n) is 24.4. The molecule has 8 heteroatoms. The van der Waals surface area contributed by atoms with Crippen molar-refractivity contribution in [2.45, 2.75) is 90.1 Å². The maximum atomic E-state index is 12.3. The first-order valence-corrected chi connectivity index (χ1v) is 14.2. The molecule has 0 unspecified atom stereocenters. The van der Waals surface area contributed by atoms with E-state index in [9.17, 15) is 19.2 Å². The van der Waals surface area contributed by atoms with Gasteiger partial charge in [-0.1, -0.05) is 87.4 Å². The maximum Gasteiger partial charge on any atom is 0.379 e. The third-order valence-corrected chi connectivity index (χ3v) is 6.46. The highest BCUT2D eigenvalue weighted by Crippen LogP contribution is 2.18. The van der Waals surface area contributed by atoms with Gasteiger partial charge < -0.3 is 18.9 Å². The van der Waals surface area contributed by atoms with Crippen molar-refractivity contribution in [1.82, 2.24) is 0 Å². The van der Waals surface area contributed by atoms with Gasteiger partial charge in [-0.3, -0.25) is 4.79 Å². The number of rotatable bonds is 22. The molecule has 0 N–H and O–H groups in total. The van der Waals surface area contributed by atoms with E-state index in [1.54, 1.807) is 0 Å². The first-order valence-electron chi connectivity index (χ1n) is 14.2. The Labute approximate surface area is 239 Å². The number of methoxy groups -OCH3 is 3. The summed E-state index contributed by atoms with van der Waals surface area (Å²) in [5.74, 6) is -4.40. The van der Waals surface area contributed by atoms with Crippen molar-refractivity contribution in [2.75, 3.05) is 27.9 Å². The van der Waals surface area contributed by atoms with Crippen molar-refractivity contribution < 1.29 is 38.1 Å². The van der Waals surface area contributed by atoms with Gasteiger partial charge in [0.15, 0.2) is 0 Å². The van der Waals surface area contributed by atoms with Gasteiger partial charge in [-0.2, -0.15) is 0 Å². The summed E-state index contributed by atoms with van der Waals surface area (Å²) in [6.45, 7) is 1.53. The summed E-state index contributed by atoms with van der Waals surface area (Å²) in [6.07, 6.45) is 17.4. The molecule has 0 spiro atoms. The topological polar surface area (TPSA) is 105 Å². The van der Waals surface area contributed by atoms with Crippen LogP contribution in [0.1, 0.15) is 89.0 Å². The normalized spacial score (nSPS) is 11.7. The van der Waals surface area contributed by atoms with Gasteiger partial charge in [0.2, 0.25) is 0 Å². The maximum absolute atomic E-state index is 12.3. The Morgan fingerprint density at radius 1 is 0.625 bits per heavy atom. The van der Waals surface area contributed by atoms with Gasteiger partial charge in [0.05, 0.1) is 33.5 Å². The van der Waals surface area contributed by atoms with Crippen LogP contribution in [0.25, 0.3) is 0 Å². The minimum Gasteiger partial charge on any atom is -0.466 e. The first kappa shape index (κ1) is 34.8. The molecule has 8 nitrogen and oxygen atoms in total. The molecule has 0 aliphatic heterocycles. The van der Waals surface area contributed by atoms with E-state index in [1.165, 1.54) is 50.5 Å². The van der Waals surface area contributed by atoms with E-state index >= 15 is 0 Å². The van der Waals surface area contributed by atoms with Gasteiger partial charge in [-0.25, -0.2) is 14.4 Å². The second kappa shape index (κ2) is 22.5. The Balaban J connectivity index is 2.15. The summed E-state index contributed by atoms with van der Waals surface area (Å²) in [4.78, 5) is 48.3. The number of unbranched alkanes of at least 4 members (excludes halogenated alkanes) is 10. The number of Topliss-reactive ketones (excluding diaryl/α,β-unsaturated/α-hetero) is 1. The lowest BCUT2D eigenvalue weighted by atomic mass is 9.98. The number of hydrogen-bond donors (Lipinski definition) is 0. The lowest BCUT2D eigenvalue weighted by molar-refractivity contribution is -0.152. The van der Waals surface area contributed by atoms with Crippen molar-refractivity contribution in [3.63, 3.8) is 0 Å². The fourth-order valence-corrected chi connectivity index (χ4v) is 4.20. The van der Waals surface area contributed by atoms with Gasteiger partial charge >= 0.3 is 17.9 Å². The summed E-state index contributed by atoms with van der Waals surface area (Å²) < 4.78 is 19.5. The number of esters is 3. The van der Waals surface area contributed by atoms with E-state index in [4.69, 9.17) is 9.47 Å². The van der Waals surface area contributed by atoms with Crippen molar-refractivity contribution in [2.24, 2.45) is 0 Å². The molecule has 0 saturated heterocycles. The average Bonchev–Trinajstić information content (AvgIpc) is 2.98. The lowest BCUT2D eigenvalue weighted by Gasteiger charge is -2.10. The van der Waals surface area contributed by atoms with Crippen LogP contribution in [-0.2, 0) is 44.7 Å². The largest absolute Gasteiger partial charge is 0.466 e. The molecule has 1 aromatic carbocycles. The molecular weight excluding hydrogens is 512 g/mol.